The number of thioether (sulfide) groups is 2. The van der Waals surface area contributed by atoms with Gasteiger partial charge in [0, 0.05) is 17.6 Å². The molecule has 0 saturated heterocycles. The highest BCUT2D eigenvalue weighted by Crippen LogP contribution is 2.17. The Morgan fingerprint density at radius 2 is 1.92 bits per heavy atom. The highest BCUT2D eigenvalue weighted by molar-refractivity contribution is 8.14. The summed E-state index contributed by atoms with van der Waals surface area (Å²) in [6.45, 7) is 3.89. The molecule has 0 radical (unpaired) electrons. The van der Waals surface area contributed by atoms with Gasteiger partial charge in [0.2, 0.25) is 17.7 Å². The largest absolute Gasteiger partial charge is 0.350 e. The van der Waals surface area contributed by atoms with Crippen LogP contribution < -0.4 is 16.0 Å². The lowest BCUT2D eigenvalue weighted by atomic mass is 10.1. The van der Waals surface area contributed by atoms with Crippen molar-refractivity contribution >= 4 is 62.7 Å². The predicted octanol–water partition coefficient (Wildman–Crippen LogP) is 3.83. The predicted molar refractivity (Wildman–Crippen MR) is 158 cm³/mol. The monoisotopic (exact) mass is 581 g/mol. The van der Waals surface area contributed by atoms with Crippen LogP contribution in [0.2, 0.25) is 0 Å². The minimum atomic E-state index is -0.685. The van der Waals surface area contributed by atoms with E-state index in [0.29, 0.717) is 29.3 Å². The van der Waals surface area contributed by atoms with Crippen LogP contribution in [0.15, 0.2) is 22.5 Å². The molecule has 2 rings (SSSR count). The second-order valence-electron chi connectivity index (χ2n) is 8.92. The van der Waals surface area contributed by atoms with E-state index in [1.807, 2.05) is 17.7 Å². The summed E-state index contributed by atoms with van der Waals surface area (Å²) in [4.78, 5) is 58.7. The molecule has 3 amide bonds. The number of amides is 3. The SMILES string of the molecule is CCCCCCCC(=O)SCC/C=C/C1CC(=O)NCc2nc(cs2)/C(SC)=N/C(C)C(=O)NCC(=O)N1. The van der Waals surface area contributed by atoms with Crippen molar-refractivity contribution in [3.8, 4) is 0 Å². The smallest absolute Gasteiger partial charge is 0.244 e. The van der Waals surface area contributed by atoms with Gasteiger partial charge < -0.3 is 16.0 Å². The molecule has 0 saturated carbocycles. The molecule has 0 aromatic carbocycles. The van der Waals surface area contributed by atoms with Crippen LogP contribution in [0.4, 0.5) is 0 Å². The average Bonchev–Trinajstić information content (AvgIpc) is 3.37. The van der Waals surface area contributed by atoms with E-state index in [1.54, 1.807) is 13.0 Å². The van der Waals surface area contributed by atoms with Crippen LogP contribution in [0, 0.1) is 0 Å². The van der Waals surface area contributed by atoms with Crippen LogP contribution >= 0.6 is 34.9 Å². The molecule has 38 heavy (non-hydrogen) atoms. The lowest BCUT2D eigenvalue weighted by molar-refractivity contribution is -0.127. The van der Waals surface area contributed by atoms with E-state index >= 15 is 0 Å². The lowest BCUT2D eigenvalue weighted by Crippen LogP contribution is -2.44. The van der Waals surface area contributed by atoms with Gasteiger partial charge in [-0.1, -0.05) is 56.5 Å². The van der Waals surface area contributed by atoms with E-state index in [2.05, 4.69) is 32.9 Å². The maximum Gasteiger partial charge on any atom is 0.244 e. The Kier molecular flexibility index (Phi) is 15.3. The van der Waals surface area contributed by atoms with Gasteiger partial charge in [0.1, 0.15) is 21.8 Å². The van der Waals surface area contributed by atoms with E-state index in [0.717, 1.165) is 17.8 Å². The van der Waals surface area contributed by atoms with E-state index in [9.17, 15) is 19.2 Å². The fourth-order valence-electron chi connectivity index (χ4n) is 3.58. The van der Waals surface area contributed by atoms with Gasteiger partial charge >= 0.3 is 0 Å². The Balaban J connectivity index is 1.94. The van der Waals surface area contributed by atoms with Crippen LogP contribution in [-0.2, 0) is 25.7 Å². The van der Waals surface area contributed by atoms with Crippen LogP contribution in [0.3, 0.4) is 0 Å². The molecule has 2 bridgehead atoms. The zero-order chi connectivity index (χ0) is 27.8. The third kappa shape index (κ3) is 12.6. The zero-order valence-electron chi connectivity index (χ0n) is 22.4. The normalized spacial score (nSPS) is 20.9. The highest BCUT2D eigenvalue weighted by atomic mass is 32.2. The van der Waals surface area contributed by atoms with Crippen molar-refractivity contribution in [1.82, 2.24) is 20.9 Å². The molecule has 3 N–H and O–H groups in total. The number of fused-ring (bicyclic) bond motifs is 2. The summed E-state index contributed by atoms with van der Waals surface area (Å²) in [6, 6.07) is -1.23. The quantitative estimate of drug-likeness (QED) is 0.283. The third-order valence-corrected chi connectivity index (χ3v) is 8.18. The maximum atomic E-state index is 12.6. The Hall–Kier alpha value is -2.18. The van der Waals surface area contributed by atoms with E-state index in [-0.39, 0.29) is 36.4 Å². The van der Waals surface area contributed by atoms with Gasteiger partial charge in [-0.15, -0.1) is 23.1 Å². The van der Waals surface area contributed by atoms with Crippen molar-refractivity contribution in [1.29, 1.82) is 0 Å². The molecule has 2 unspecified atom stereocenters. The van der Waals surface area contributed by atoms with Crippen molar-refractivity contribution in [3.63, 3.8) is 0 Å². The minimum Gasteiger partial charge on any atom is -0.350 e. The van der Waals surface area contributed by atoms with Crippen LogP contribution in [0.5, 0.6) is 0 Å². The molecular weight excluding hydrogens is 543 g/mol. The zero-order valence-corrected chi connectivity index (χ0v) is 24.9. The Bertz CT molecular complexity index is 995. The highest BCUT2D eigenvalue weighted by Gasteiger charge is 2.19. The number of carbonyl (C=O) groups is 4. The molecule has 1 aromatic rings. The van der Waals surface area contributed by atoms with Gasteiger partial charge in [-0.3, -0.25) is 24.2 Å². The summed E-state index contributed by atoms with van der Waals surface area (Å²) < 4.78 is 0. The number of unbranched alkanes of at least 4 members (excludes halogenated alkanes) is 4. The summed E-state index contributed by atoms with van der Waals surface area (Å²) in [7, 11) is 0. The first kappa shape index (κ1) is 32.0. The number of hydrogen-bond donors (Lipinski definition) is 3. The molecule has 9 nitrogen and oxygen atoms in total. The van der Waals surface area contributed by atoms with Crippen molar-refractivity contribution < 1.29 is 19.2 Å². The molecule has 0 aliphatic carbocycles. The van der Waals surface area contributed by atoms with Gasteiger partial charge in [0.25, 0.3) is 0 Å². The molecule has 12 heteroatoms. The topological polar surface area (TPSA) is 130 Å². The van der Waals surface area contributed by atoms with Crippen LogP contribution in [-0.4, -0.2) is 63.5 Å². The molecule has 2 heterocycles. The fourth-order valence-corrected chi connectivity index (χ4v) is 5.72. The van der Waals surface area contributed by atoms with Crippen LogP contribution in [0.1, 0.15) is 75.9 Å². The number of aromatic nitrogens is 1. The number of nitrogens with one attached hydrogen (secondary N) is 3. The van der Waals surface area contributed by atoms with Gasteiger partial charge in [-0.25, -0.2) is 4.98 Å². The van der Waals surface area contributed by atoms with Gasteiger partial charge in [0.05, 0.1) is 25.6 Å². The number of thiazole rings is 1. The summed E-state index contributed by atoms with van der Waals surface area (Å²) in [5, 5.41) is 11.7. The molecule has 1 aliphatic heterocycles. The summed E-state index contributed by atoms with van der Waals surface area (Å²) in [6.07, 6.45) is 12.4. The van der Waals surface area contributed by atoms with Crippen LogP contribution in [0.25, 0.3) is 0 Å². The van der Waals surface area contributed by atoms with E-state index in [1.165, 1.54) is 54.1 Å². The summed E-state index contributed by atoms with van der Waals surface area (Å²) in [5.41, 5.74) is 0.657. The van der Waals surface area contributed by atoms with Gasteiger partial charge in [-0.2, -0.15) is 0 Å². The number of nitrogens with zero attached hydrogens (tertiary/aromatic N) is 2. The Labute approximate surface area is 237 Å². The van der Waals surface area contributed by atoms with Gasteiger partial charge in [-0.05, 0) is 26.0 Å². The lowest BCUT2D eigenvalue weighted by Gasteiger charge is -2.16. The molecule has 2 atom stereocenters. The van der Waals surface area contributed by atoms with Crippen molar-refractivity contribution in [2.45, 2.75) is 83.8 Å². The third-order valence-electron chi connectivity index (χ3n) is 5.67. The molecule has 1 aliphatic rings. The van der Waals surface area contributed by atoms with E-state index < -0.39 is 18.0 Å². The minimum absolute atomic E-state index is 0.0478. The number of carbonyl (C=O) groups excluding carboxylic acids is 4. The average molecular weight is 582 g/mol. The summed E-state index contributed by atoms with van der Waals surface area (Å²) >= 11 is 4.12. The Morgan fingerprint density at radius 3 is 2.68 bits per heavy atom. The molecule has 210 valence electrons. The first-order valence-electron chi connectivity index (χ1n) is 13.0. The van der Waals surface area contributed by atoms with Gasteiger partial charge in [0.15, 0.2) is 5.12 Å². The second kappa shape index (κ2) is 18.2. The first-order chi connectivity index (χ1) is 18.3. The molecular formula is C26H39N5O4S3. The second-order valence-corrected chi connectivity index (χ2v) is 11.8. The van der Waals surface area contributed by atoms with Crippen molar-refractivity contribution in [3.05, 3.63) is 28.2 Å². The number of aliphatic imine (C=N–C) groups is 1. The summed E-state index contributed by atoms with van der Waals surface area (Å²) in [5.74, 6) is -0.348. The van der Waals surface area contributed by atoms with Crippen molar-refractivity contribution in [2.24, 2.45) is 4.99 Å². The first-order valence-corrected chi connectivity index (χ1v) is 16.1. The number of hydrogen-bond acceptors (Lipinski definition) is 9. The fraction of sp³-hybridized carbons (Fsp3) is 0.615. The van der Waals surface area contributed by atoms with Crippen molar-refractivity contribution in [2.75, 3.05) is 18.6 Å². The Morgan fingerprint density at radius 1 is 1.13 bits per heavy atom. The molecule has 0 spiro atoms. The number of rotatable bonds is 10. The molecule has 0 fully saturated rings. The molecule has 1 aromatic heterocycles. The maximum absolute atomic E-state index is 12.6. The van der Waals surface area contributed by atoms with E-state index in [4.69, 9.17) is 0 Å². The standard InChI is InChI=1S/C26H39N5O4S3/c1-4-5-6-7-8-12-24(34)37-13-10-9-11-19-14-21(32)27-16-23-31-20(17-38-23)26(36-3)29-18(2)25(35)28-15-22(33)30-19/h9,11,17-19H,4-8,10,12-16H2,1-3H3,(H,27,32)(H,28,35)(H,30,33)/b11-9+,29-26-. The number of allylic oxidation sites excluding steroid dienone is 1.